The standard InChI is InChI=1S/C21H34N2O3/c1-3-5-7-8-12-16-18(15-6-4-2)22-20(24)19(21(25)23-26)17-13-10-9-11-14-17/h9-11,13-14,18-19,26H,3-8,12,15-16H2,1-2H3,(H,22,24)(H,23,25). The van der Waals surface area contributed by atoms with Crippen LogP contribution in [0.15, 0.2) is 30.3 Å². The molecule has 0 saturated heterocycles. The summed E-state index contributed by atoms with van der Waals surface area (Å²) in [5.41, 5.74) is 2.20. The number of carbonyl (C=O) groups excluding carboxylic acids is 2. The molecule has 5 nitrogen and oxygen atoms in total. The minimum Gasteiger partial charge on any atom is -0.352 e. The van der Waals surface area contributed by atoms with Crippen LogP contribution in [0.2, 0.25) is 0 Å². The molecule has 1 aromatic carbocycles. The maximum Gasteiger partial charge on any atom is 0.260 e. The fourth-order valence-electron chi connectivity index (χ4n) is 3.15. The van der Waals surface area contributed by atoms with Gasteiger partial charge in [0.25, 0.3) is 5.91 Å². The first kappa shape index (κ1) is 22.2. The Morgan fingerprint density at radius 2 is 1.50 bits per heavy atom. The lowest BCUT2D eigenvalue weighted by Gasteiger charge is -2.22. The van der Waals surface area contributed by atoms with Gasteiger partial charge in [0.15, 0.2) is 0 Å². The van der Waals surface area contributed by atoms with Crippen LogP contribution < -0.4 is 10.8 Å². The van der Waals surface area contributed by atoms with E-state index in [0.29, 0.717) is 5.56 Å². The van der Waals surface area contributed by atoms with Crippen LogP contribution in [0, 0.1) is 0 Å². The average Bonchev–Trinajstić information content (AvgIpc) is 2.66. The van der Waals surface area contributed by atoms with Crippen LogP contribution in [0.1, 0.15) is 83.1 Å². The number of amides is 2. The van der Waals surface area contributed by atoms with E-state index in [-0.39, 0.29) is 11.9 Å². The van der Waals surface area contributed by atoms with Gasteiger partial charge in [0.2, 0.25) is 5.91 Å². The fraction of sp³-hybridized carbons (Fsp3) is 0.619. The molecule has 0 aliphatic carbocycles. The van der Waals surface area contributed by atoms with Crippen molar-refractivity contribution in [3.63, 3.8) is 0 Å². The van der Waals surface area contributed by atoms with Crippen molar-refractivity contribution in [2.75, 3.05) is 0 Å². The molecule has 3 N–H and O–H groups in total. The van der Waals surface area contributed by atoms with Crippen molar-refractivity contribution in [3.8, 4) is 0 Å². The van der Waals surface area contributed by atoms with E-state index in [9.17, 15) is 9.59 Å². The van der Waals surface area contributed by atoms with Gasteiger partial charge in [-0.25, -0.2) is 5.48 Å². The second-order valence-corrected chi connectivity index (χ2v) is 6.87. The van der Waals surface area contributed by atoms with Crippen LogP contribution in [0.5, 0.6) is 0 Å². The third kappa shape index (κ3) is 8.00. The van der Waals surface area contributed by atoms with Crippen LogP contribution in [0.25, 0.3) is 0 Å². The average molecular weight is 363 g/mol. The third-order valence-corrected chi connectivity index (χ3v) is 4.68. The molecule has 2 amide bonds. The smallest absolute Gasteiger partial charge is 0.260 e. The first-order valence-corrected chi connectivity index (χ1v) is 9.93. The summed E-state index contributed by atoms with van der Waals surface area (Å²) in [7, 11) is 0. The number of hydrogen-bond donors (Lipinski definition) is 3. The van der Waals surface area contributed by atoms with Gasteiger partial charge in [-0.05, 0) is 18.4 Å². The van der Waals surface area contributed by atoms with Gasteiger partial charge in [-0.2, -0.15) is 0 Å². The molecule has 0 aromatic heterocycles. The maximum atomic E-state index is 12.8. The fourth-order valence-corrected chi connectivity index (χ4v) is 3.15. The Morgan fingerprint density at radius 1 is 0.885 bits per heavy atom. The van der Waals surface area contributed by atoms with Gasteiger partial charge in [-0.1, -0.05) is 89.1 Å². The summed E-state index contributed by atoms with van der Waals surface area (Å²) in [5.74, 6) is -2.09. The maximum absolute atomic E-state index is 12.8. The van der Waals surface area contributed by atoms with E-state index in [2.05, 4.69) is 19.2 Å². The summed E-state index contributed by atoms with van der Waals surface area (Å²) in [5, 5.41) is 12.1. The molecule has 5 heteroatoms. The summed E-state index contributed by atoms with van der Waals surface area (Å²) in [6, 6.07) is 8.92. The Bertz CT molecular complexity index is 519. The third-order valence-electron chi connectivity index (χ3n) is 4.68. The number of carbonyl (C=O) groups is 2. The predicted molar refractivity (Wildman–Crippen MR) is 104 cm³/mol. The van der Waals surface area contributed by atoms with Crippen molar-refractivity contribution in [1.82, 2.24) is 10.8 Å². The van der Waals surface area contributed by atoms with Crippen LogP contribution in [-0.4, -0.2) is 23.1 Å². The van der Waals surface area contributed by atoms with E-state index < -0.39 is 11.8 Å². The summed E-state index contributed by atoms with van der Waals surface area (Å²) in [4.78, 5) is 24.8. The minimum absolute atomic E-state index is 0.0711. The molecule has 0 radical (unpaired) electrons. The zero-order valence-electron chi connectivity index (χ0n) is 16.2. The van der Waals surface area contributed by atoms with E-state index in [1.54, 1.807) is 29.7 Å². The number of benzene rings is 1. The van der Waals surface area contributed by atoms with Gasteiger partial charge < -0.3 is 5.32 Å². The van der Waals surface area contributed by atoms with Crippen LogP contribution in [-0.2, 0) is 9.59 Å². The molecule has 0 bridgehead atoms. The summed E-state index contributed by atoms with van der Waals surface area (Å²) >= 11 is 0. The van der Waals surface area contributed by atoms with Crippen molar-refractivity contribution < 1.29 is 14.8 Å². The minimum atomic E-state index is -1.04. The van der Waals surface area contributed by atoms with Crippen molar-refractivity contribution in [2.24, 2.45) is 0 Å². The predicted octanol–water partition coefficient (Wildman–Crippen LogP) is 4.31. The number of unbranched alkanes of at least 4 members (excludes halogenated alkanes) is 5. The first-order valence-electron chi connectivity index (χ1n) is 9.93. The molecule has 26 heavy (non-hydrogen) atoms. The molecule has 1 rings (SSSR count). The molecule has 2 unspecified atom stereocenters. The summed E-state index contributed by atoms with van der Waals surface area (Å²) < 4.78 is 0. The molecule has 146 valence electrons. The highest BCUT2D eigenvalue weighted by atomic mass is 16.5. The zero-order chi connectivity index (χ0) is 19.2. The van der Waals surface area contributed by atoms with Gasteiger partial charge >= 0.3 is 0 Å². The molecule has 1 aromatic rings. The highest BCUT2D eigenvalue weighted by Crippen LogP contribution is 2.18. The molecule has 0 aliphatic heterocycles. The van der Waals surface area contributed by atoms with Gasteiger partial charge in [-0.15, -0.1) is 0 Å². The van der Waals surface area contributed by atoms with Crippen LogP contribution >= 0.6 is 0 Å². The second kappa shape index (κ2) is 13.3. The van der Waals surface area contributed by atoms with Crippen molar-refractivity contribution in [3.05, 3.63) is 35.9 Å². The van der Waals surface area contributed by atoms with Gasteiger partial charge in [-0.3, -0.25) is 14.8 Å². The lowest BCUT2D eigenvalue weighted by atomic mass is 9.95. The SMILES string of the molecule is CCCCCCCC(CCCC)NC(=O)C(C(=O)NO)c1ccccc1. The summed E-state index contributed by atoms with van der Waals surface area (Å²) in [6.07, 6.45) is 9.90. The van der Waals surface area contributed by atoms with Crippen LogP contribution in [0.4, 0.5) is 0 Å². The quantitative estimate of drug-likeness (QED) is 0.212. The summed E-state index contributed by atoms with van der Waals surface area (Å²) in [6.45, 7) is 4.33. The highest BCUT2D eigenvalue weighted by Gasteiger charge is 2.29. The number of hydrogen-bond acceptors (Lipinski definition) is 3. The van der Waals surface area contributed by atoms with E-state index >= 15 is 0 Å². The topological polar surface area (TPSA) is 78.4 Å². The molecular weight excluding hydrogens is 328 g/mol. The zero-order valence-corrected chi connectivity index (χ0v) is 16.2. The molecule has 0 heterocycles. The van der Waals surface area contributed by atoms with Gasteiger partial charge in [0, 0.05) is 6.04 Å². The molecule has 0 saturated carbocycles. The lowest BCUT2D eigenvalue weighted by Crippen LogP contribution is -2.43. The number of rotatable bonds is 13. The largest absolute Gasteiger partial charge is 0.352 e. The molecule has 0 fully saturated rings. The van der Waals surface area contributed by atoms with E-state index in [4.69, 9.17) is 5.21 Å². The lowest BCUT2D eigenvalue weighted by molar-refractivity contribution is -0.137. The normalized spacial score (nSPS) is 13.0. The van der Waals surface area contributed by atoms with E-state index in [1.807, 2.05) is 6.07 Å². The van der Waals surface area contributed by atoms with E-state index in [0.717, 1.165) is 32.1 Å². The monoisotopic (exact) mass is 362 g/mol. The Labute approximate surface area is 157 Å². The highest BCUT2D eigenvalue weighted by molar-refractivity contribution is 6.05. The van der Waals surface area contributed by atoms with Crippen LogP contribution in [0.3, 0.4) is 0 Å². The van der Waals surface area contributed by atoms with E-state index in [1.165, 1.54) is 25.7 Å². The Kier molecular flexibility index (Phi) is 11.4. The van der Waals surface area contributed by atoms with Crippen molar-refractivity contribution >= 4 is 11.8 Å². The number of nitrogens with one attached hydrogen (secondary N) is 2. The Hall–Kier alpha value is -1.88. The first-order chi connectivity index (χ1) is 12.6. The van der Waals surface area contributed by atoms with Gasteiger partial charge in [0.1, 0.15) is 5.92 Å². The molecule has 0 aliphatic rings. The molecule has 2 atom stereocenters. The number of hydroxylamine groups is 1. The second-order valence-electron chi connectivity index (χ2n) is 6.87. The Morgan fingerprint density at radius 3 is 2.12 bits per heavy atom. The molecule has 0 spiro atoms. The Balaban J connectivity index is 2.72. The van der Waals surface area contributed by atoms with Gasteiger partial charge in [0.05, 0.1) is 0 Å². The molecular formula is C21H34N2O3. The van der Waals surface area contributed by atoms with Crippen molar-refractivity contribution in [1.29, 1.82) is 0 Å². The van der Waals surface area contributed by atoms with Crippen molar-refractivity contribution in [2.45, 2.75) is 83.6 Å².